The first-order chi connectivity index (χ1) is 21.6. The first kappa shape index (κ1) is 30.2. The summed E-state index contributed by atoms with van der Waals surface area (Å²) in [6.45, 7) is 4.46. The maximum Gasteiger partial charge on any atom is 0.331 e. The quantitative estimate of drug-likeness (QED) is 0.277. The number of hydrogen-bond donors (Lipinski definition) is 2. The maximum atomic E-state index is 13.2. The zero-order chi connectivity index (χ0) is 31.2. The molecule has 9 heteroatoms. The van der Waals surface area contributed by atoms with Gasteiger partial charge >= 0.3 is 5.97 Å². The maximum absolute atomic E-state index is 13.2. The van der Waals surface area contributed by atoms with Crippen LogP contribution in [0.4, 0.5) is 0 Å². The number of esters is 1. The third kappa shape index (κ3) is 4.41. The summed E-state index contributed by atoms with van der Waals surface area (Å²) < 4.78 is 30.6. The third-order valence-corrected chi connectivity index (χ3v) is 13.4. The van der Waals surface area contributed by atoms with Crippen LogP contribution in [0.5, 0.6) is 0 Å². The molecule has 3 aliphatic heterocycles. The second-order valence-corrected chi connectivity index (χ2v) is 15.3. The number of carbonyl (C=O) groups is 2. The van der Waals surface area contributed by atoms with E-state index in [0.29, 0.717) is 51.6 Å². The summed E-state index contributed by atoms with van der Waals surface area (Å²) in [6, 6.07) is 9.91. The highest BCUT2D eigenvalue weighted by molar-refractivity contribution is 5.85. The number of aldehydes is 1. The Labute approximate surface area is 264 Å². The molecule has 45 heavy (non-hydrogen) atoms. The van der Waals surface area contributed by atoms with Crippen molar-refractivity contribution in [3.63, 3.8) is 0 Å². The van der Waals surface area contributed by atoms with E-state index in [1.807, 2.05) is 37.3 Å². The molecule has 8 rings (SSSR count). The second kappa shape index (κ2) is 10.7. The van der Waals surface area contributed by atoms with Crippen molar-refractivity contribution in [1.82, 2.24) is 0 Å². The summed E-state index contributed by atoms with van der Waals surface area (Å²) in [5.41, 5.74) is -1.51. The summed E-state index contributed by atoms with van der Waals surface area (Å²) >= 11 is 0. The van der Waals surface area contributed by atoms with Crippen LogP contribution in [0.2, 0.25) is 0 Å². The summed E-state index contributed by atoms with van der Waals surface area (Å²) in [5.74, 6) is -0.401. The second-order valence-electron chi connectivity index (χ2n) is 15.3. The molecule has 244 valence electrons. The van der Waals surface area contributed by atoms with Crippen LogP contribution < -0.4 is 0 Å². The molecular formula is C36H46O9. The number of benzene rings is 1. The first-order valence-electron chi connectivity index (χ1n) is 17.0. The van der Waals surface area contributed by atoms with Crippen molar-refractivity contribution in [3.05, 3.63) is 47.5 Å². The number of aliphatic hydroxyl groups is 2. The van der Waals surface area contributed by atoms with Gasteiger partial charge in [-0.2, -0.15) is 0 Å². The zero-order valence-corrected chi connectivity index (χ0v) is 26.3. The van der Waals surface area contributed by atoms with Gasteiger partial charge in [-0.3, -0.25) is 0 Å². The smallest absolute Gasteiger partial charge is 0.331 e. The molecule has 0 spiro atoms. The Morgan fingerprint density at radius 2 is 1.76 bits per heavy atom. The Morgan fingerprint density at radius 1 is 0.956 bits per heavy atom. The van der Waals surface area contributed by atoms with Crippen molar-refractivity contribution in [3.8, 4) is 0 Å². The molecule has 0 amide bonds. The van der Waals surface area contributed by atoms with Gasteiger partial charge in [0, 0.05) is 29.9 Å². The van der Waals surface area contributed by atoms with E-state index < -0.39 is 34.6 Å². The highest BCUT2D eigenvalue weighted by Gasteiger charge is 2.71. The van der Waals surface area contributed by atoms with Crippen molar-refractivity contribution in [2.24, 2.45) is 28.6 Å². The van der Waals surface area contributed by atoms with Crippen LogP contribution in [-0.4, -0.2) is 71.0 Å². The molecule has 0 radical (unpaired) electrons. The Balaban J connectivity index is 0.964. The summed E-state index contributed by atoms with van der Waals surface area (Å²) in [4.78, 5) is 25.1. The molecular weight excluding hydrogens is 576 g/mol. The lowest BCUT2D eigenvalue weighted by molar-refractivity contribution is -0.278. The molecule has 13 atom stereocenters. The number of fused-ring (bicyclic) bond motifs is 6. The van der Waals surface area contributed by atoms with E-state index in [2.05, 4.69) is 6.92 Å². The summed E-state index contributed by atoms with van der Waals surface area (Å²) in [7, 11) is 0. The highest BCUT2D eigenvalue weighted by atomic mass is 16.8. The van der Waals surface area contributed by atoms with Gasteiger partial charge in [-0.1, -0.05) is 37.3 Å². The van der Waals surface area contributed by atoms with Crippen molar-refractivity contribution in [2.75, 3.05) is 6.61 Å². The molecule has 2 N–H and O–H groups in total. The molecule has 4 aliphatic carbocycles. The predicted octanol–water partition coefficient (Wildman–Crippen LogP) is 4.54. The topological polar surface area (TPSA) is 121 Å². The minimum atomic E-state index is -1.20. The molecule has 0 aromatic heterocycles. The largest absolute Gasteiger partial charge is 0.458 e. The Bertz CT molecular complexity index is 1370. The van der Waals surface area contributed by atoms with Crippen LogP contribution in [0.3, 0.4) is 0 Å². The highest BCUT2D eigenvalue weighted by Crippen LogP contribution is 2.70. The molecule has 9 nitrogen and oxygen atoms in total. The standard InChI is InChI=1S/C36H46O9/c1-21-31-28(44-32(45-31)22-6-4-3-5-7-22)17-30(42-21)43-24-8-13-34(20-37)26-9-12-33(2)25(23-16-29(38)41-19-23)11-15-36(33,40)27(26)10-14-35(34,39)18-24/h3-7,16,20-21,24-28,30-32,39-40H,8-15,17-19H2,1-2H3. The van der Waals surface area contributed by atoms with Gasteiger partial charge in [0.1, 0.15) is 19.0 Å². The minimum absolute atomic E-state index is 0.0839. The van der Waals surface area contributed by atoms with Crippen molar-refractivity contribution >= 4 is 12.3 Å². The van der Waals surface area contributed by atoms with E-state index >= 15 is 0 Å². The average Bonchev–Trinajstić information content (AvgIpc) is 3.72. The van der Waals surface area contributed by atoms with Gasteiger partial charge in [-0.05, 0) is 81.6 Å². The molecule has 13 unspecified atom stereocenters. The van der Waals surface area contributed by atoms with Gasteiger partial charge in [0.05, 0.1) is 34.9 Å². The van der Waals surface area contributed by atoms with Crippen molar-refractivity contribution < 1.29 is 43.5 Å². The van der Waals surface area contributed by atoms with Crippen LogP contribution >= 0.6 is 0 Å². The molecule has 1 aromatic carbocycles. The normalized spacial score (nSPS) is 50.5. The van der Waals surface area contributed by atoms with E-state index in [1.165, 1.54) is 0 Å². The summed E-state index contributed by atoms with van der Waals surface area (Å²) in [5, 5.41) is 24.8. The van der Waals surface area contributed by atoms with Crippen molar-refractivity contribution in [1.29, 1.82) is 0 Å². The molecule has 6 fully saturated rings. The van der Waals surface area contributed by atoms with Crippen LogP contribution in [0, 0.1) is 28.6 Å². The van der Waals surface area contributed by atoms with Gasteiger partial charge in [0.25, 0.3) is 0 Å². The van der Waals surface area contributed by atoms with Crippen LogP contribution in [0.15, 0.2) is 42.0 Å². The van der Waals surface area contributed by atoms with Crippen LogP contribution in [-0.2, 0) is 33.3 Å². The van der Waals surface area contributed by atoms with E-state index in [-0.39, 0.29) is 48.1 Å². The van der Waals surface area contributed by atoms with Crippen LogP contribution in [0.25, 0.3) is 0 Å². The summed E-state index contributed by atoms with van der Waals surface area (Å²) in [6.07, 6.45) is 7.04. The fourth-order valence-electron chi connectivity index (χ4n) is 11.2. The number of cyclic esters (lactones) is 1. The lowest BCUT2D eigenvalue weighted by atomic mass is 9.41. The molecule has 4 saturated carbocycles. The molecule has 3 heterocycles. The SMILES string of the molecule is CC1OC(OC2CCC3(C=O)C4CCC5(C)C(C6=CC(=O)OC6)CCC5(O)C4CCC3(O)C2)CC2OC(c3ccccc3)OC12. The Kier molecular flexibility index (Phi) is 7.18. The first-order valence-corrected chi connectivity index (χ1v) is 17.0. The fourth-order valence-corrected chi connectivity index (χ4v) is 11.2. The number of hydrogen-bond acceptors (Lipinski definition) is 9. The number of rotatable bonds is 5. The van der Waals surface area contributed by atoms with E-state index in [1.54, 1.807) is 6.08 Å². The van der Waals surface area contributed by atoms with Crippen LogP contribution in [0.1, 0.15) is 89.9 Å². The van der Waals surface area contributed by atoms with E-state index in [4.69, 9.17) is 23.7 Å². The molecule has 7 aliphatic rings. The zero-order valence-electron chi connectivity index (χ0n) is 26.3. The number of carbonyl (C=O) groups excluding carboxylic acids is 2. The van der Waals surface area contributed by atoms with Gasteiger partial charge in [-0.25, -0.2) is 4.79 Å². The lowest BCUT2D eigenvalue weighted by Crippen LogP contribution is -2.69. The van der Waals surface area contributed by atoms with Gasteiger partial charge in [0.15, 0.2) is 12.6 Å². The predicted molar refractivity (Wildman–Crippen MR) is 160 cm³/mol. The lowest BCUT2D eigenvalue weighted by Gasteiger charge is -2.65. The Hall–Kier alpha value is -2.14. The molecule has 0 bridgehead atoms. The van der Waals surface area contributed by atoms with Gasteiger partial charge in [0.2, 0.25) is 0 Å². The third-order valence-electron chi connectivity index (χ3n) is 13.4. The number of ether oxygens (including phenoxy) is 5. The monoisotopic (exact) mass is 622 g/mol. The van der Waals surface area contributed by atoms with Crippen molar-refractivity contribution in [2.45, 2.75) is 126 Å². The minimum Gasteiger partial charge on any atom is -0.458 e. The average molecular weight is 623 g/mol. The van der Waals surface area contributed by atoms with E-state index in [0.717, 1.165) is 36.7 Å². The fraction of sp³-hybridized carbons (Fsp3) is 0.722. The van der Waals surface area contributed by atoms with Gasteiger partial charge in [-0.15, -0.1) is 0 Å². The van der Waals surface area contributed by atoms with E-state index in [9.17, 15) is 19.8 Å². The van der Waals surface area contributed by atoms with Gasteiger partial charge < -0.3 is 38.7 Å². The molecule has 2 saturated heterocycles. The molecule has 1 aromatic rings. The Morgan fingerprint density at radius 3 is 2.51 bits per heavy atom.